The maximum Gasteiger partial charge on any atom is 0.280 e. The monoisotopic (exact) mass is 336 g/mol. The second-order valence-corrected chi connectivity index (χ2v) is 6.15. The molecule has 0 radical (unpaired) electrons. The summed E-state index contributed by atoms with van der Waals surface area (Å²) < 4.78 is 4.98. The standard InChI is InChI=1S/C20H21N3O2/c1-15-13-18(22-25-15)21-19(24)14-23(2)20(16-9-5-3-6-10-16)17-11-7-4-8-12-17/h3-13,20H,14H2,1-2H3,(H,21,22,24)/p+1. The SMILES string of the molecule is Cc1cc(NC(=O)C[NH+](C)C(c2ccccc2)c2ccccc2)no1. The highest BCUT2D eigenvalue weighted by molar-refractivity contribution is 5.90. The van der Waals surface area contributed by atoms with Crippen molar-refractivity contribution in [2.24, 2.45) is 0 Å². The molecule has 0 saturated carbocycles. The summed E-state index contributed by atoms with van der Waals surface area (Å²) in [6.07, 6.45) is 0. The summed E-state index contributed by atoms with van der Waals surface area (Å²) in [5.41, 5.74) is 2.35. The molecule has 2 N–H and O–H groups in total. The van der Waals surface area contributed by atoms with Crippen LogP contribution < -0.4 is 10.2 Å². The molecule has 25 heavy (non-hydrogen) atoms. The number of rotatable bonds is 6. The van der Waals surface area contributed by atoms with Gasteiger partial charge in [0.25, 0.3) is 5.91 Å². The Kier molecular flexibility index (Phi) is 5.26. The molecule has 3 rings (SSSR count). The highest BCUT2D eigenvalue weighted by Crippen LogP contribution is 2.18. The lowest BCUT2D eigenvalue weighted by atomic mass is 9.97. The third-order valence-corrected chi connectivity index (χ3v) is 4.09. The van der Waals surface area contributed by atoms with E-state index in [1.165, 1.54) is 11.1 Å². The number of quaternary nitrogens is 1. The molecule has 2 aromatic carbocycles. The van der Waals surface area contributed by atoms with Crippen molar-refractivity contribution in [1.29, 1.82) is 0 Å². The molecule has 0 saturated heterocycles. The van der Waals surface area contributed by atoms with Crippen LogP contribution in [-0.2, 0) is 4.79 Å². The molecule has 1 amide bonds. The average Bonchev–Trinajstić information content (AvgIpc) is 3.01. The van der Waals surface area contributed by atoms with Crippen molar-refractivity contribution in [2.45, 2.75) is 13.0 Å². The van der Waals surface area contributed by atoms with Gasteiger partial charge in [-0.1, -0.05) is 65.8 Å². The summed E-state index contributed by atoms with van der Waals surface area (Å²) in [5, 5.41) is 6.59. The minimum atomic E-state index is -0.0948. The van der Waals surface area contributed by atoms with Crippen molar-refractivity contribution in [1.82, 2.24) is 5.16 Å². The molecule has 1 heterocycles. The molecule has 128 valence electrons. The molecule has 3 aromatic rings. The predicted octanol–water partition coefficient (Wildman–Crippen LogP) is 2.23. The van der Waals surface area contributed by atoms with Crippen LogP contribution in [0.15, 0.2) is 71.3 Å². The summed E-state index contributed by atoms with van der Waals surface area (Å²) in [7, 11) is 2.03. The van der Waals surface area contributed by atoms with E-state index in [1.807, 2.05) is 43.4 Å². The van der Waals surface area contributed by atoms with Crippen LogP contribution in [0.25, 0.3) is 0 Å². The van der Waals surface area contributed by atoms with E-state index in [4.69, 9.17) is 4.52 Å². The van der Waals surface area contributed by atoms with Crippen molar-refractivity contribution in [3.63, 3.8) is 0 Å². The smallest absolute Gasteiger partial charge is 0.280 e. The molecule has 5 nitrogen and oxygen atoms in total. The Morgan fingerprint density at radius 1 is 1.08 bits per heavy atom. The van der Waals surface area contributed by atoms with Gasteiger partial charge in [-0.25, -0.2) is 0 Å². The number of amides is 1. The molecule has 0 spiro atoms. The van der Waals surface area contributed by atoms with Crippen LogP contribution in [0.5, 0.6) is 0 Å². The van der Waals surface area contributed by atoms with Gasteiger partial charge in [-0.15, -0.1) is 0 Å². The number of carbonyl (C=O) groups excluding carboxylic acids is 1. The van der Waals surface area contributed by atoms with Crippen LogP contribution in [0.4, 0.5) is 5.82 Å². The summed E-state index contributed by atoms with van der Waals surface area (Å²) in [4.78, 5) is 13.5. The van der Waals surface area contributed by atoms with E-state index in [9.17, 15) is 4.79 Å². The molecule has 0 aliphatic rings. The Labute approximate surface area is 147 Å². The fourth-order valence-corrected chi connectivity index (χ4v) is 3.02. The zero-order valence-electron chi connectivity index (χ0n) is 14.4. The van der Waals surface area contributed by atoms with Gasteiger partial charge < -0.3 is 14.7 Å². The lowest BCUT2D eigenvalue weighted by molar-refractivity contribution is -0.897. The van der Waals surface area contributed by atoms with Crippen molar-refractivity contribution in [3.8, 4) is 0 Å². The molecule has 0 fully saturated rings. The maximum atomic E-state index is 12.4. The zero-order chi connectivity index (χ0) is 17.6. The van der Waals surface area contributed by atoms with Crippen LogP contribution in [0, 0.1) is 6.92 Å². The second-order valence-electron chi connectivity index (χ2n) is 6.15. The Morgan fingerprint density at radius 2 is 1.64 bits per heavy atom. The van der Waals surface area contributed by atoms with E-state index in [1.54, 1.807) is 13.0 Å². The van der Waals surface area contributed by atoms with Gasteiger partial charge in [-0.05, 0) is 6.92 Å². The van der Waals surface area contributed by atoms with Gasteiger partial charge >= 0.3 is 0 Å². The van der Waals surface area contributed by atoms with E-state index >= 15 is 0 Å². The predicted molar refractivity (Wildman–Crippen MR) is 96.4 cm³/mol. The molecule has 0 aliphatic heterocycles. The first kappa shape index (κ1) is 16.9. The Bertz CT molecular complexity index is 776. The van der Waals surface area contributed by atoms with Crippen molar-refractivity contribution >= 4 is 11.7 Å². The molecule has 5 heteroatoms. The minimum absolute atomic E-state index is 0.0761. The van der Waals surface area contributed by atoms with Crippen molar-refractivity contribution in [3.05, 3.63) is 83.6 Å². The van der Waals surface area contributed by atoms with Crippen LogP contribution >= 0.6 is 0 Å². The molecule has 1 unspecified atom stereocenters. The Hall–Kier alpha value is -2.92. The minimum Gasteiger partial charge on any atom is -0.360 e. The maximum absolute atomic E-state index is 12.4. The van der Waals surface area contributed by atoms with Crippen LogP contribution in [0.3, 0.4) is 0 Å². The first-order valence-electron chi connectivity index (χ1n) is 8.29. The van der Waals surface area contributed by atoms with E-state index in [2.05, 4.69) is 34.7 Å². The van der Waals surface area contributed by atoms with Crippen molar-refractivity contribution in [2.75, 3.05) is 18.9 Å². The number of aromatic nitrogens is 1. The van der Waals surface area contributed by atoms with Crippen LogP contribution in [0.2, 0.25) is 0 Å². The van der Waals surface area contributed by atoms with Gasteiger partial charge in [-0.3, -0.25) is 4.79 Å². The van der Waals surface area contributed by atoms with Crippen molar-refractivity contribution < 1.29 is 14.2 Å². The Balaban J connectivity index is 1.77. The molecular weight excluding hydrogens is 314 g/mol. The van der Waals surface area contributed by atoms with Gasteiger partial charge in [0.05, 0.1) is 7.05 Å². The van der Waals surface area contributed by atoms with E-state index in [0.717, 1.165) is 4.90 Å². The molecule has 0 aliphatic carbocycles. The number of likely N-dealkylation sites (N-methyl/N-ethyl adjacent to an activating group) is 1. The topological polar surface area (TPSA) is 59.6 Å². The second kappa shape index (κ2) is 7.77. The fraction of sp³-hybridized carbons (Fsp3) is 0.200. The largest absolute Gasteiger partial charge is 0.360 e. The lowest BCUT2D eigenvalue weighted by Crippen LogP contribution is -3.10. The van der Waals surface area contributed by atoms with Gasteiger partial charge in [0, 0.05) is 17.2 Å². The van der Waals surface area contributed by atoms with Gasteiger partial charge in [0.1, 0.15) is 11.8 Å². The Morgan fingerprint density at radius 3 is 2.12 bits per heavy atom. The van der Waals surface area contributed by atoms with Crippen LogP contribution in [-0.4, -0.2) is 24.7 Å². The highest BCUT2D eigenvalue weighted by Gasteiger charge is 2.25. The van der Waals surface area contributed by atoms with Crippen LogP contribution in [0.1, 0.15) is 22.9 Å². The first-order valence-corrected chi connectivity index (χ1v) is 8.29. The average molecular weight is 336 g/mol. The van der Waals surface area contributed by atoms with Gasteiger partial charge in [-0.2, -0.15) is 0 Å². The quantitative estimate of drug-likeness (QED) is 0.726. The fourth-order valence-electron chi connectivity index (χ4n) is 3.02. The zero-order valence-corrected chi connectivity index (χ0v) is 14.4. The molecule has 1 atom stereocenters. The van der Waals surface area contributed by atoms with Gasteiger partial charge in [0.2, 0.25) is 0 Å². The highest BCUT2D eigenvalue weighted by atomic mass is 16.5. The summed E-state index contributed by atoms with van der Waals surface area (Å²) in [6.45, 7) is 2.11. The molecule has 0 bridgehead atoms. The van der Waals surface area contributed by atoms with Gasteiger partial charge in [0.15, 0.2) is 12.4 Å². The molecule has 1 aromatic heterocycles. The lowest BCUT2D eigenvalue weighted by Gasteiger charge is -2.25. The third kappa shape index (κ3) is 4.33. The number of aryl methyl sites for hydroxylation is 1. The summed E-state index contributed by atoms with van der Waals surface area (Å²) in [6, 6.07) is 22.3. The number of nitrogens with zero attached hydrogens (tertiary/aromatic N) is 1. The third-order valence-electron chi connectivity index (χ3n) is 4.09. The van der Waals surface area contributed by atoms with E-state index in [0.29, 0.717) is 18.1 Å². The number of hydrogen-bond donors (Lipinski definition) is 2. The normalized spacial score (nSPS) is 12.1. The summed E-state index contributed by atoms with van der Waals surface area (Å²) in [5.74, 6) is 1.02. The number of anilines is 1. The van der Waals surface area contributed by atoms with E-state index < -0.39 is 0 Å². The first-order chi connectivity index (χ1) is 12.1. The number of carbonyl (C=O) groups is 1. The van der Waals surface area contributed by atoms with E-state index in [-0.39, 0.29) is 11.9 Å². The number of nitrogens with one attached hydrogen (secondary N) is 2. The summed E-state index contributed by atoms with van der Waals surface area (Å²) >= 11 is 0. The number of benzene rings is 2. The molecular formula is C20H22N3O2+. The number of hydrogen-bond acceptors (Lipinski definition) is 3.